The Morgan fingerprint density at radius 1 is 1.00 bits per heavy atom. The fraction of sp³-hybridized carbons (Fsp3) is 0.435. The summed E-state index contributed by atoms with van der Waals surface area (Å²) in [5.74, 6) is 1.55. The number of methoxy groups -OCH3 is 2. The molecule has 4 rings (SSSR count). The fourth-order valence-electron chi connectivity index (χ4n) is 4.18. The minimum atomic E-state index is -3.72. The van der Waals surface area contributed by atoms with E-state index in [1.54, 1.807) is 17.0 Å². The van der Waals surface area contributed by atoms with E-state index >= 15 is 0 Å². The highest BCUT2D eigenvalue weighted by Gasteiger charge is 2.35. The van der Waals surface area contributed by atoms with Gasteiger partial charge in [0.25, 0.3) is 5.91 Å². The Morgan fingerprint density at radius 3 is 2.34 bits per heavy atom. The van der Waals surface area contributed by atoms with E-state index in [2.05, 4.69) is 6.92 Å². The topological polar surface area (TPSA) is 85.4 Å². The molecule has 2 aromatic carbocycles. The third-order valence-corrected chi connectivity index (χ3v) is 8.19. The Bertz CT molecular complexity index is 1130. The van der Waals surface area contributed by atoms with Gasteiger partial charge < -0.3 is 19.1 Å². The number of sulfonamides is 1. The average molecular weight is 461 g/mol. The largest absolute Gasteiger partial charge is 0.493 e. The molecule has 2 aromatic rings. The minimum Gasteiger partial charge on any atom is -0.493 e. The van der Waals surface area contributed by atoms with Crippen LogP contribution in [0.2, 0.25) is 0 Å². The summed E-state index contributed by atoms with van der Waals surface area (Å²) in [7, 11) is -0.763. The monoisotopic (exact) mass is 460 g/mol. The van der Waals surface area contributed by atoms with Gasteiger partial charge in [0.2, 0.25) is 10.0 Å². The van der Waals surface area contributed by atoms with Gasteiger partial charge in [-0.25, -0.2) is 8.42 Å². The lowest BCUT2D eigenvalue weighted by Gasteiger charge is -2.34. The van der Waals surface area contributed by atoms with Crippen LogP contribution in [0.5, 0.6) is 17.2 Å². The van der Waals surface area contributed by atoms with Crippen LogP contribution < -0.4 is 14.2 Å². The highest BCUT2D eigenvalue weighted by molar-refractivity contribution is 7.89. The van der Waals surface area contributed by atoms with E-state index in [4.69, 9.17) is 14.2 Å². The molecule has 0 N–H and O–H groups in total. The number of hydrogen-bond donors (Lipinski definition) is 0. The Hall–Kier alpha value is -2.78. The molecule has 1 amide bonds. The maximum atomic E-state index is 13.2. The molecule has 32 heavy (non-hydrogen) atoms. The summed E-state index contributed by atoms with van der Waals surface area (Å²) in [6, 6.07) is 10.2. The first-order chi connectivity index (χ1) is 15.3. The van der Waals surface area contributed by atoms with E-state index in [9.17, 15) is 13.2 Å². The van der Waals surface area contributed by atoms with Crippen molar-refractivity contribution in [2.45, 2.75) is 30.8 Å². The number of hydrogen-bond acceptors (Lipinski definition) is 6. The molecule has 2 atom stereocenters. The normalized spacial score (nSPS) is 21.1. The van der Waals surface area contributed by atoms with Crippen molar-refractivity contribution >= 4 is 15.9 Å². The number of carbonyl (C=O) groups is 1. The number of benzene rings is 2. The van der Waals surface area contributed by atoms with E-state index in [-0.39, 0.29) is 35.9 Å². The number of para-hydroxylation sites is 1. The standard InChI is InChI=1S/C23H28N2O6S/c1-15-16(2)31-22-18(15)6-5-7-19(22)23(26)24-10-12-25(13-11-24)32(27,28)17-8-9-20(29-3)21(14-17)30-4/h5-9,14-16H,10-13H2,1-4H3/t15-,16-/m1/s1. The fourth-order valence-corrected chi connectivity index (χ4v) is 5.62. The molecule has 0 bridgehead atoms. The molecule has 0 unspecified atom stereocenters. The summed E-state index contributed by atoms with van der Waals surface area (Å²) in [5, 5.41) is 0. The van der Waals surface area contributed by atoms with Crippen LogP contribution in [0.4, 0.5) is 0 Å². The van der Waals surface area contributed by atoms with Crippen LogP contribution >= 0.6 is 0 Å². The summed E-state index contributed by atoms with van der Waals surface area (Å²) in [4.78, 5) is 15.0. The number of ether oxygens (including phenoxy) is 3. The smallest absolute Gasteiger partial charge is 0.257 e. The molecule has 2 aliphatic rings. The van der Waals surface area contributed by atoms with E-state index in [1.807, 2.05) is 19.1 Å². The van der Waals surface area contributed by atoms with Gasteiger partial charge in [0.05, 0.1) is 24.7 Å². The summed E-state index contributed by atoms with van der Waals surface area (Å²) in [5.41, 5.74) is 1.58. The van der Waals surface area contributed by atoms with Crippen LogP contribution in [0.25, 0.3) is 0 Å². The molecule has 0 radical (unpaired) electrons. The zero-order valence-corrected chi connectivity index (χ0v) is 19.5. The van der Waals surface area contributed by atoms with Crippen LogP contribution in [0.3, 0.4) is 0 Å². The van der Waals surface area contributed by atoms with Crippen LogP contribution in [0.15, 0.2) is 41.3 Å². The van der Waals surface area contributed by atoms with Gasteiger partial charge in [-0.15, -0.1) is 0 Å². The van der Waals surface area contributed by atoms with E-state index in [0.717, 1.165) is 5.56 Å². The van der Waals surface area contributed by atoms with Crippen LogP contribution in [-0.4, -0.2) is 70.0 Å². The second-order valence-corrected chi connectivity index (χ2v) is 9.99. The van der Waals surface area contributed by atoms with E-state index < -0.39 is 10.0 Å². The lowest BCUT2D eigenvalue weighted by molar-refractivity contribution is 0.0692. The lowest BCUT2D eigenvalue weighted by atomic mass is 9.96. The Kier molecular flexibility index (Phi) is 6.05. The van der Waals surface area contributed by atoms with Gasteiger partial charge in [-0.2, -0.15) is 4.31 Å². The molecule has 2 heterocycles. The maximum Gasteiger partial charge on any atom is 0.257 e. The SMILES string of the molecule is COc1ccc(S(=O)(=O)N2CCN(C(=O)c3cccc4c3O[C@H](C)[C@H]4C)CC2)cc1OC. The number of fused-ring (bicyclic) bond motifs is 1. The zero-order chi connectivity index (χ0) is 23.0. The van der Waals surface area contributed by atoms with Crippen molar-refractivity contribution in [3.63, 3.8) is 0 Å². The van der Waals surface area contributed by atoms with Gasteiger partial charge in [0.1, 0.15) is 11.9 Å². The van der Waals surface area contributed by atoms with Gasteiger partial charge in [0, 0.05) is 43.7 Å². The third-order valence-electron chi connectivity index (χ3n) is 6.29. The van der Waals surface area contributed by atoms with Gasteiger partial charge in [-0.05, 0) is 25.1 Å². The first-order valence-electron chi connectivity index (χ1n) is 10.6. The Balaban J connectivity index is 1.49. The second-order valence-electron chi connectivity index (χ2n) is 8.05. The average Bonchev–Trinajstić information content (AvgIpc) is 3.11. The van der Waals surface area contributed by atoms with Crippen LogP contribution in [0, 0.1) is 0 Å². The van der Waals surface area contributed by atoms with Gasteiger partial charge >= 0.3 is 0 Å². The molecule has 0 aliphatic carbocycles. The number of piperazine rings is 1. The molecule has 0 aromatic heterocycles. The van der Waals surface area contributed by atoms with E-state index in [0.29, 0.717) is 35.9 Å². The number of nitrogens with zero attached hydrogens (tertiary/aromatic N) is 2. The van der Waals surface area contributed by atoms with Gasteiger partial charge in [-0.1, -0.05) is 19.1 Å². The quantitative estimate of drug-likeness (QED) is 0.682. The van der Waals surface area contributed by atoms with Gasteiger partial charge in [-0.3, -0.25) is 4.79 Å². The predicted octanol–water partition coefficient (Wildman–Crippen LogP) is 2.73. The van der Waals surface area contributed by atoms with Crippen molar-refractivity contribution in [2.24, 2.45) is 0 Å². The van der Waals surface area contributed by atoms with Crippen molar-refractivity contribution < 1.29 is 27.4 Å². The highest BCUT2D eigenvalue weighted by atomic mass is 32.2. The molecular formula is C23H28N2O6S. The summed E-state index contributed by atoms with van der Waals surface area (Å²) in [6.45, 7) is 5.12. The van der Waals surface area contributed by atoms with Crippen molar-refractivity contribution in [2.75, 3.05) is 40.4 Å². The minimum absolute atomic E-state index is 0.0161. The van der Waals surface area contributed by atoms with Crippen LogP contribution in [0.1, 0.15) is 35.7 Å². The molecule has 1 saturated heterocycles. The molecule has 1 fully saturated rings. The van der Waals surface area contributed by atoms with Gasteiger partial charge in [0.15, 0.2) is 11.5 Å². The molecular weight excluding hydrogens is 432 g/mol. The first-order valence-corrected chi connectivity index (χ1v) is 12.0. The van der Waals surface area contributed by atoms with E-state index in [1.165, 1.54) is 30.7 Å². The van der Waals surface area contributed by atoms with Crippen molar-refractivity contribution in [1.29, 1.82) is 0 Å². The molecule has 0 spiro atoms. The number of carbonyl (C=O) groups excluding carboxylic acids is 1. The summed E-state index contributed by atoms with van der Waals surface area (Å²) >= 11 is 0. The number of amides is 1. The Morgan fingerprint density at radius 2 is 1.69 bits per heavy atom. The molecule has 9 heteroatoms. The highest BCUT2D eigenvalue weighted by Crippen LogP contribution is 2.40. The van der Waals surface area contributed by atoms with Crippen molar-refractivity contribution in [1.82, 2.24) is 9.21 Å². The van der Waals surface area contributed by atoms with Crippen LogP contribution in [-0.2, 0) is 10.0 Å². The molecule has 172 valence electrons. The number of rotatable bonds is 5. The summed E-state index contributed by atoms with van der Waals surface area (Å²) < 4.78 is 44.0. The predicted molar refractivity (Wildman–Crippen MR) is 119 cm³/mol. The Labute approximate surface area is 188 Å². The zero-order valence-electron chi connectivity index (χ0n) is 18.7. The maximum absolute atomic E-state index is 13.2. The third kappa shape index (κ3) is 3.80. The second kappa shape index (κ2) is 8.63. The van der Waals surface area contributed by atoms with Crippen molar-refractivity contribution in [3.8, 4) is 17.2 Å². The molecule has 8 nitrogen and oxygen atoms in total. The molecule has 2 aliphatic heterocycles. The summed E-state index contributed by atoms with van der Waals surface area (Å²) in [6.07, 6.45) is 0.0161. The lowest BCUT2D eigenvalue weighted by Crippen LogP contribution is -2.50. The molecule has 0 saturated carbocycles. The van der Waals surface area contributed by atoms with Crippen molar-refractivity contribution in [3.05, 3.63) is 47.5 Å². The first kappa shape index (κ1) is 22.4.